The van der Waals surface area contributed by atoms with E-state index in [9.17, 15) is 9.59 Å². The highest BCUT2D eigenvalue weighted by molar-refractivity contribution is 5.86. The lowest BCUT2D eigenvalue weighted by Crippen LogP contribution is -2.28. The fraction of sp³-hybridized carbons (Fsp3) is 0.765. The Bertz CT molecular complexity index is 385. The molecule has 1 aliphatic rings. The van der Waals surface area contributed by atoms with E-state index in [1.807, 2.05) is 0 Å². The van der Waals surface area contributed by atoms with Gasteiger partial charge in [-0.2, -0.15) is 0 Å². The third-order valence-electron chi connectivity index (χ3n) is 3.86. The van der Waals surface area contributed by atoms with Crippen molar-refractivity contribution in [2.24, 2.45) is 0 Å². The van der Waals surface area contributed by atoms with Crippen molar-refractivity contribution in [2.75, 3.05) is 13.2 Å². The zero-order chi connectivity index (χ0) is 17.1. The molecule has 0 bridgehead atoms. The van der Waals surface area contributed by atoms with Crippen molar-refractivity contribution >= 4 is 12.1 Å². The van der Waals surface area contributed by atoms with E-state index in [-0.39, 0.29) is 18.2 Å². The predicted octanol–water partition coefficient (Wildman–Crippen LogP) is 3.69. The standard InChI is InChI=1S/C17H28O6/c1-13(2)16(18)22-12-6-4-3-5-11-21-14-7-9-15(10-8-14)23-17(19)20/h14-15H,1,3-12H2,2H3,(H,19,20). The summed E-state index contributed by atoms with van der Waals surface area (Å²) in [6.07, 6.45) is 5.95. The fourth-order valence-corrected chi connectivity index (χ4v) is 2.56. The normalized spacial score (nSPS) is 20.7. The maximum atomic E-state index is 11.2. The first-order valence-electron chi connectivity index (χ1n) is 8.33. The number of carbonyl (C=O) groups is 2. The number of esters is 1. The zero-order valence-corrected chi connectivity index (χ0v) is 13.9. The van der Waals surface area contributed by atoms with Gasteiger partial charge in [0.25, 0.3) is 0 Å². The third kappa shape index (κ3) is 9.23. The van der Waals surface area contributed by atoms with Crippen molar-refractivity contribution in [3.8, 4) is 0 Å². The van der Waals surface area contributed by atoms with Gasteiger partial charge in [0, 0.05) is 12.2 Å². The van der Waals surface area contributed by atoms with Gasteiger partial charge in [-0.15, -0.1) is 0 Å². The number of hydrogen-bond acceptors (Lipinski definition) is 5. The number of rotatable bonds is 10. The molecule has 6 nitrogen and oxygen atoms in total. The van der Waals surface area contributed by atoms with Gasteiger partial charge in [0.2, 0.25) is 0 Å². The molecule has 0 aromatic rings. The summed E-state index contributed by atoms with van der Waals surface area (Å²) in [7, 11) is 0. The lowest BCUT2D eigenvalue weighted by Gasteiger charge is -2.27. The monoisotopic (exact) mass is 328 g/mol. The zero-order valence-electron chi connectivity index (χ0n) is 13.9. The van der Waals surface area contributed by atoms with E-state index < -0.39 is 6.16 Å². The van der Waals surface area contributed by atoms with Crippen molar-refractivity contribution in [3.63, 3.8) is 0 Å². The summed E-state index contributed by atoms with van der Waals surface area (Å²) in [5, 5.41) is 8.57. The topological polar surface area (TPSA) is 82.1 Å². The van der Waals surface area contributed by atoms with Crippen molar-refractivity contribution in [2.45, 2.75) is 70.5 Å². The Morgan fingerprint density at radius 1 is 1.00 bits per heavy atom. The lowest BCUT2D eigenvalue weighted by atomic mass is 9.95. The summed E-state index contributed by atoms with van der Waals surface area (Å²) >= 11 is 0. The number of carboxylic acid groups (broad SMARTS) is 1. The van der Waals surface area contributed by atoms with Gasteiger partial charge in [-0.25, -0.2) is 9.59 Å². The largest absolute Gasteiger partial charge is 0.506 e. The molecule has 0 atom stereocenters. The molecule has 23 heavy (non-hydrogen) atoms. The average molecular weight is 328 g/mol. The predicted molar refractivity (Wildman–Crippen MR) is 85.3 cm³/mol. The van der Waals surface area contributed by atoms with Crippen molar-refractivity contribution in [3.05, 3.63) is 12.2 Å². The van der Waals surface area contributed by atoms with Crippen LogP contribution in [0.1, 0.15) is 58.3 Å². The van der Waals surface area contributed by atoms with E-state index in [1.54, 1.807) is 6.92 Å². The number of unbranched alkanes of at least 4 members (excludes halogenated alkanes) is 3. The molecule has 1 rings (SSSR count). The SMILES string of the molecule is C=C(C)C(=O)OCCCCCCOC1CCC(OC(=O)O)CC1. The summed E-state index contributed by atoms with van der Waals surface area (Å²) in [5.41, 5.74) is 0.432. The highest BCUT2D eigenvalue weighted by Crippen LogP contribution is 2.23. The molecule has 0 amide bonds. The molecular weight excluding hydrogens is 300 g/mol. The molecule has 0 aromatic carbocycles. The number of hydrogen-bond donors (Lipinski definition) is 1. The maximum Gasteiger partial charge on any atom is 0.506 e. The first-order chi connectivity index (χ1) is 11.0. The molecule has 132 valence electrons. The smallest absolute Gasteiger partial charge is 0.462 e. The van der Waals surface area contributed by atoms with Gasteiger partial charge in [-0.3, -0.25) is 0 Å². The molecule has 1 N–H and O–H groups in total. The Kier molecular flexibility index (Phi) is 9.36. The minimum atomic E-state index is -1.19. The number of ether oxygens (including phenoxy) is 3. The maximum absolute atomic E-state index is 11.2. The highest BCUT2D eigenvalue weighted by atomic mass is 16.7. The second-order valence-corrected chi connectivity index (χ2v) is 5.98. The van der Waals surface area contributed by atoms with E-state index in [4.69, 9.17) is 19.3 Å². The van der Waals surface area contributed by atoms with E-state index in [2.05, 4.69) is 6.58 Å². The Hall–Kier alpha value is -1.56. The molecule has 0 heterocycles. The van der Waals surface area contributed by atoms with Crippen LogP contribution in [-0.2, 0) is 19.0 Å². The Labute approximate surface area is 137 Å². The summed E-state index contributed by atoms with van der Waals surface area (Å²) in [6, 6.07) is 0. The lowest BCUT2D eigenvalue weighted by molar-refractivity contribution is -0.139. The summed E-state index contributed by atoms with van der Waals surface area (Å²) in [5.74, 6) is -0.323. The van der Waals surface area contributed by atoms with Crippen molar-refractivity contribution < 1.29 is 28.9 Å². The molecule has 0 aromatic heterocycles. The summed E-state index contributed by atoms with van der Waals surface area (Å²) in [4.78, 5) is 21.6. The van der Waals surface area contributed by atoms with E-state index in [1.165, 1.54) is 0 Å². The molecule has 1 fully saturated rings. The van der Waals surface area contributed by atoms with Crippen molar-refractivity contribution in [1.29, 1.82) is 0 Å². The second kappa shape index (κ2) is 11.0. The van der Waals surface area contributed by atoms with Gasteiger partial charge in [0.1, 0.15) is 6.10 Å². The Morgan fingerprint density at radius 2 is 1.57 bits per heavy atom. The first-order valence-corrected chi connectivity index (χ1v) is 8.33. The van der Waals surface area contributed by atoms with Crippen LogP contribution in [0, 0.1) is 0 Å². The van der Waals surface area contributed by atoms with Gasteiger partial charge in [0.15, 0.2) is 0 Å². The number of carbonyl (C=O) groups excluding carboxylic acids is 1. The van der Waals surface area contributed by atoms with Gasteiger partial charge in [-0.1, -0.05) is 13.0 Å². The highest BCUT2D eigenvalue weighted by Gasteiger charge is 2.23. The van der Waals surface area contributed by atoms with Crippen molar-refractivity contribution in [1.82, 2.24) is 0 Å². The van der Waals surface area contributed by atoms with Gasteiger partial charge in [0.05, 0.1) is 12.7 Å². The Balaban J connectivity index is 1.91. The molecule has 0 saturated heterocycles. The van der Waals surface area contributed by atoms with Crippen LogP contribution >= 0.6 is 0 Å². The quantitative estimate of drug-likeness (QED) is 0.374. The van der Waals surface area contributed by atoms with E-state index in [0.717, 1.165) is 58.0 Å². The van der Waals surface area contributed by atoms with Gasteiger partial charge >= 0.3 is 12.1 Å². The van der Waals surface area contributed by atoms with Crippen LogP contribution in [0.4, 0.5) is 4.79 Å². The molecular formula is C17H28O6. The second-order valence-electron chi connectivity index (χ2n) is 5.98. The molecule has 0 unspecified atom stereocenters. The Morgan fingerprint density at radius 3 is 2.13 bits per heavy atom. The average Bonchev–Trinajstić information content (AvgIpc) is 2.50. The minimum Gasteiger partial charge on any atom is -0.462 e. The van der Waals surface area contributed by atoms with Crippen LogP contribution in [-0.4, -0.2) is 42.7 Å². The molecule has 0 spiro atoms. The van der Waals surface area contributed by atoms with Crippen LogP contribution in [0.2, 0.25) is 0 Å². The van der Waals surface area contributed by atoms with E-state index in [0.29, 0.717) is 12.2 Å². The minimum absolute atomic E-state index is 0.172. The summed E-state index contributed by atoms with van der Waals surface area (Å²) < 4.78 is 15.6. The van der Waals surface area contributed by atoms with E-state index >= 15 is 0 Å². The molecule has 0 radical (unpaired) electrons. The third-order valence-corrected chi connectivity index (χ3v) is 3.86. The van der Waals surface area contributed by atoms with Crippen LogP contribution in [0.3, 0.4) is 0 Å². The molecule has 0 aliphatic heterocycles. The molecule has 1 aliphatic carbocycles. The fourth-order valence-electron chi connectivity index (χ4n) is 2.56. The van der Waals surface area contributed by atoms with Gasteiger partial charge < -0.3 is 19.3 Å². The molecule has 1 saturated carbocycles. The van der Waals surface area contributed by atoms with Crippen LogP contribution in [0.15, 0.2) is 12.2 Å². The van der Waals surface area contributed by atoms with Gasteiger partial charge in [-0.05, 0) is 51.9 Å². The van der Waals surface area contributed by atoms with Crippen LogP contribution in [0.5, 0.6) is 0 Å². The molecule has 6 heteroatoms. The summed E-state index contributed by atoms with van der Waals surface area (Å²) in [6.45, 7) is 6.34. The first kappa shape index (κ1) is 19.5. The van der Waals surface area contributed by atoms with Crippen LogP contribution in [0.25, 0.3) is 0 Å². The van der Waals surface area contributed by atoms with Crippen LogP contribution < -0.4 is 0 Å².